The van der Waals surface area contributed by atoms with Crippen molar-refractivity contribution in [1.29, 1.82) is 0 Å². The Balaban J connectivity index is 1.31. The van der Waals surface area contributed by atoms with E-state index in [-0.39, 0.29) is 22.6 Å². The first-order valence-corrected chi connectivity index (χ1v) is 12.9. The molecule has 174 valence electrons. The summed E-state index contributed by atoms with van der Waals surface area (Å²) in [5, 5.41) is 0.869. The minimum atomic E-state index is -0.329. The van der Waals surface area contributed by atoms with E-state index in [0.717, 1.165) is 30.2 Å². The van der Waals surface area contributed by atoms with Crippen LogP contribution in [0.2, 0.25) is 10.0 Å². The molecule has 0 N–H and O–H groups in total. The van der Waals surface area contributed by atoms with Crippen molar-refractivity contribution < 1.29 is 4.79 Å². The predicted octanol–water partition coefficient (Wildman–Crippen LogP) is 5.40. The third-order valence-electron chi connectivity index (χ3n) is 8.64. The van der Waals surface area contributed by atoms with Gasteiger partial charge >= 0.3 is 0 Å². The van der Waals surface area contributed by atoms with E-state index in [2.05, 4.69) is 4.90 Å². The molecule has 8 rings (SSSR count). The molecular formula is C27H25Cl2N3O2. The molecule has 5 aliphatic rings. The molecule has 1 spiro atoms. The summed E-state index contributed by atoms with van der Waals surface area (Å²) in [4.78, 5) is 29.7. The van der Waals surface area contributed by atoms with Crippen molar-refractivity contribution in [3.63, 3.8) is 0 Å². The molecule has 4 saturated carbocycles. The Morgan fingerprint density at radius 3 is 2.44 bits per heavy atom. The molecule has 3 unspecified atom stereocenters. The third-order valence-corrected chi connectivity index (χ3v) is 9.18. The van der Waals surface area contributed by atoms with E-state index in [1.807, 2.05) is 30.3 Å². The van der Waals surface area contributed by atoms with Crippen molar-refractivity contribution in [2.75, 3.05) is 0 Å². The van der Waals surface area contributed by atoms with E-state index < -0.39 is 0 Å². The van der Waals surface area contributed by atoms with Crippen LogP contribution in [0.4, 0.5) is 0 Å². The number of hydrogen-bond acceptors (Lipinski definition) is 2. The van der Waals surface area contributed by atoms with Crippen LogP contribution in [0.3, 0.4) is 0 Å². The molecule has 2 aromatic carbocycles. The molecule has 5 fully saturated rings. The van der Waals surface area contributed by atoms with E-state index in [0.29, 0.717) is 34.2 Å². The van der Waals surface area contributed by atoms with Crippen molar-refractivity contribution in [2.45, 2.75) is 50.2 Å². The van der Waals surface area contributed by atoms with Crippen molar-refractivity contribution >= 4 is 29.1 Å². The van der Waals surface area contributed by atoms with Gasteiger partial charge in [-0.2, -0.15) is 0 Å². The second-order valence-electron chi connectivity index (χ2n) is 10.7. The summed E-state index contributed by atoms with van der Waals surface area (Å²) in [6.07, 6.45) is 7.74. The number of halogens is 2. The second kappa shape index (κ2) is 7.25. The Hall–Kier alpha value is -2.50. The quantitative estimate of drug-likeness (QED) is 0.457. The predicted molar refractivity (Wildman–Crippen MR) is 132 cm³/mol. The number of likely N-dealkylation sites (tertiary alicyclic amines) is 1. The van der Waals surface area contributed by atoms with Crippen LogP contribution in [0.5, 0.6) is 0 Å². The Kier molecular flexibility index (Phi) is 4.44. The number of aromatic nitrogens is 2. The van der Waals surface area contributed by atoms with Gasteiger partial charge in [0.1, 0.15) is 5.56 Å². The van der Waals surface area contributed by atoms with E-state index in [9.17, 15) is 9.59 Å². The van der Waals surface area contributed by atoms with Crippen molar-refractivity contribution in [3.05, 3.63) is 86.3 Å². The Bertz CT molecular complexity index is 1360. The zero-order valence-electron chi connectivity index (χ0n) is 18.7. The highest BCUT2D eigenvalue weighted by Gasteiger charge is 2.74. The molecule has 2 heterocycles. The lowest BCUT2D eigenvalue weighted by atomic mass is 9.56. The highest BCUT2D eigenvalue weighted by Crippen LogP contribution is 2.68. The molecule has 1 saturated heterocycles. The van der Waals surface area contributed by atoms with Crippen LogP contribution in [-0.2, 0) is 6.54 Å². The fourth-order valence-electron chi connectivity index (χ4n) is 7.66. The summed E-state index contributed by atoms with van der Waals surface area (Å²) in [5.74, 6) is 1.99. The van der Waals surface area contributed by atoms with Gasteiger partial charge in [-0.3, -0.25) is 14.3 Å². The first-order valence-electron chi connectivity index (χ1n) is 12.1. The van der Waals surface area contributed by atoms with Gasteiger partial charge in [-0.05, 0) is 73.6 Å². The molecule has 4 bridgehead atoms. The minimum absolute atomic E-state index is 0.00253. The molecule has 1 aliphatic heterocycles. The van der Waals surface area contributed by atoms with Crippen LogP contribution in [0.25, 0.3) is 5.69 Å². The largest absolute Gasteiger partial charge is 0.325 e. The summed E-state index contributed by atoms with van der Waals surface area (Å²) in [5.41, 5.74) is 1.45. The lowest BCUT2D eigenvalue weighted by Crippen LogP contribution is -2.45. The van der Waals surface area contributed by atoms with Crippen LogP contribution >= 0.6 is 23.2 Å². The second-order valence-corrected chi connectivity index (χ2v) is 11.5. The average molecular weight is 494 g/mol. The van der Waals surface area contributed by atoms with Gasteiger partial charge in [-0.1, -0.05) is 53.5 Å². The third kappa shape index (κ3) is 2.93. The molecule has 4 aliphatic carbocycles. The number of nitrogens with zero attached hydrogens (tertiary/aromatic N) is 3. The van der Waals surface area contributed by atoms with Crippen LogP contribution in [0.1, 0.15) is 48.0 Å². The molecule has 3 aromatic rings. The van der Waals surface area contributed by atoms with Gasteiger partial charge in [-0.15, -0.1) is 0 Å². The maximum absolute atomic E-state index is 13.9. The fourth-order valence-corrected chi connectivity index (χ4v) is 8.15. The van der Waals surface area contributed by atoms with E-state index in [4.69, 9.17) is 23.2 Å². The number of carbonyl (C=O) groups is 1. The molecule has 34 heavy (non-hydrogen) atoms. The van der Waals surface area contributed by atoms with Crippen LogP contribution in [0, 0.1) is 17.8 Å². The maximum Gasteiger partial charge on any atom is 0.284 e. The number of amides is 1. The lowest BCUT2D eigenvalue weighted by molar-refractivity contribution is 0.0618. The van der Waals surface area contributed by atoms with Gasteiger partial charge < -0.3 is 4.90 Å². The van der Waals surface area contributed by atoms with Gasteiger partial charge in [0.25, 0.3) is 11.5 Å². The Morgan fingerprint density at radius 2 is 1.74 bits per heavy atom. The SMILES string of the molecule is O=C(c1cn(Cc2ccccc2)n(-c2ccc(Cl)cc2Cl)c1=O)N1C2C3CC4CC(C3)CC21C4. The Labute approximate surface area is 207 Å². The summed E-state index contributed by atoms with van der Waals surface area (Å²) in [6, 6.07) is 15.3. The zero-order valence-corrected chi connectivity index (χ0v) is 20.2. The number of hydrogen-bond donors (Lipinski definition) is 0. The minimum Gasteiger partial charge on any atom is -0.325 e. The van der Waals surface area contributed by atoms with Crippen LogP contribution in [0.15, 0.2) is 59.5 Å². The summed E-state index contributed by atoms with van der Waals surface area (Å²) in [7, 11) is 0. The Morgan fingerprint density at radius 1 is 1.00 bits per heavy atom. The van der Waals surface area contributed by atoms with Crippen molar-refractivity contribution in [2.24, 2.45) is 17.8 Å². The zero-order chi connectivity index (χ0) is 23.2. The monoisotopic (exact) mass is 493 g/mol. The molecule has 0 radical (unpaired) electrons. The van der Waals surface area contributed by atoms with Gasteiger partial charge in [0.15, 0.2) is 0 Å². The fraction of sp³-hybridized carbons (Fsp3) is 0.407. The summed E-state index contributed by atoms with van der Waals surface area (Å²) in [6.45, 7) is 0.448. The highest BCUT2D eigenvalue weighted by molar-refractivity contribution is 6.35. The van der Waals surface area contributed by atoms with E-state index >= 15 is 0 Å². The van der Waals surface area contributed by atoms with E-state index in [1.54, 1.807) is 29.1 Å². The molecule has 7 heteroatoms. The first-order chi connectivity index (χ1) is 16.4. The summed E-state index contributed by atoms with van der Waals surface area (Å²) < 4.78 is 3.32. The number of rotatable bonds is 4. The maximum atomic E-state index is 13.9. The molecule has 3 atom stereocenters. The average Bonchev–Trinajstić information content (AvgIpc) is 3.35. The molecule has 5 nitrogen and oxygen atoms in total. The normalized spacial score (nSPS) is 30.5. The van der Waals surface area contributed by atoms with Crippen LogP contribution < -0.4 is 5.56 Å². The number of benzene rings is 2. The smallest absolute Gasteiger partial charge is 0.284 e. The topological polar surface area (TPSA) is 47.0 Å². The van der Waals surface area contributed by atoms with E-state index in [1.165, 1.54) is 23.9 Å². The van der Waals surface area contributed by atoms with Gasteiger partial charge in [0.2, 0.25) is 0 Å². The lowest BCUT2D eigenvalue weighted by Gasteiger charge is -2.47. The van der Waals surface area contributed by atoms with Crippen molar-refractivity contribution in [3.8, 4) is 5.69 Å². The van der Waals surface area contributed by atoms with Gasteiger partial charge in [0.05, 0.1) is 28.8 Å². The highest BCUT2D eigenvalue weighted by atomic mass is 35.5. The molecule has 1 amide bonds. The van der Waals surface area contributed by atoms with Gasteiger partial charge in [-0.25, -0.2) is 4.68 Å². The standard InChI is InChI=1S/C27H25Cl2N3O2/c28-20-6-7-23(22(29)11-20)32-26(34)21(15-30(32)14-16-4-2-1-3-5-16)25(33)31-24-19-9-17-8-18(10-19)13-27(24,31)12-17/h1-7,11,15,17-19,24H,8-10,12-14H2. The van der Waals surface area contributed by atoms with Gasteiger partial charge in [0, 0.05) is 11.2 Å². The van der Waals surface area contributed by atoms with Crippen LogP contribution in [-0.4, -0.2) is 31.8 Å². The van der Waals surface area contributed by atoms with Crippen molar-refractivity contribution in [1.82, 2.24) is 14.3 Å². The summed E-state index contributed by atoms with van der Waals surface area (Å²) >= 11 is 12.6. The molecule has 1 aromatic heterocycles. The first kappa shape index (κ1) is 20.8. The molecular weight excluding hydrogens is 469 g/mol. The number of carbonyl (C=O) groups excluding carboxylic acids is 1.